The van der Waals surface area contributed by atoms with Crippen LogP contribution in [0, 0.1) is 0 Å². The number of hydrazine groups is 1. The van der Waals surface area contributed by atoms with E-state index in [1.165, 1.54) is 0 Å². The summed E-state index contributed by atoms with van der Waals surface area (Å²) in [5.41, 5.74) is 0. The molecule has 2 N–H and O–H groups in total. The maximum Gasteiger partial charge on any atom is 0.330 e. The zero-order chi connectivity index (χ0) is 11.3. The van der Waals surface area contributed by atoms with E-state index in [-0.39, 0.29) is 11.9 Å². The number of esters is 1. The fourth-order valence-electron chi connectivity index (χ4n) is 1.57. The van der Waals surface area contributed by atoms with Crippen LogP contribution in [0.5, 0.6) is 0 Å². The van der Waals surface area contributed by atoms with E-state index in [4.69, 9.17) is 10.6 Å². The number of nitrogens with two attached hydrogens (primary N) is 1. The molecule has 1 fully saturated rings. The van der Waals surface area contributed by atoms with Crippen LogP contribution in [0.15, 0.2) is 0 Å². The third-order valence-corrected chi connectivity index (χ3v) is 2.53. The Morgan fingerprint density at radius 2 is 2.33 bits per heavy atom. The summed E-state index contributed by atoms with van der Waals surface area (Å²) in [4.78, 5) is 22.7. The average Bonchev–Trinajstić information content (AvgIpc) is 2.63. The van der Waals surface area contributed by atoms with Gasteiger partial charge in [-0.3, -0.25) is 9.80 Å². The second-order valence-corrected chi connectivity index (χ2v) is 3.73. The minimum Gasteiger partial charge on any atom is -0.464 e. The maximum absolute atomic E-state index is 11.5. The maximum atomic E-state index is 11.5. The summed E-state index contributed by atoms with van der Waals surface area (Å²) in [6, 6.07) is -0.570. The van der Waals surface area contributed by atoms with Gasteiger partial charge < -0.3 is 4.74 Å². The van der Waals surface area contributed by atoms with Gasteiger partial charge in [-0.15, -0.1) is 0 Å². The van der Waals surface area contributed by atoms with E-state index in [0.717, 1.165) is 24.3 Å². The summed E-state index contributed by atoms with van der Waals surface area (Å²) in [5, 5.41) is 1.03. The molecular formula is C10H18N2O3. The normalized spacial score (nSPS) is 20.1. The highest BCUT2D eigenvalue weighted by Crippen LogP contribution is 2.12. The Bertz CT molecular complexity index is 243. The van der Waals surface area contributed by atoms with E-state index in [1.807, 2.05) is 0 Å². The van der Waals surface area contributed by atoms with Gasteiger partial charge >= 0.3 is 5.97 Å². The number of carbonyl (C=O) groups excluding carboxylic acids is 2. The lowest BCUT2D eigenvalue weighted by Crippen LogP contribution is -2.47. The lowest BCUT2D eigenvalue weighted by Gasteiger charge is -2.20. The Hall–Kier alpha value is -1.10. The molecule has 0 aromatic carbocycles. The van der Waals surface area contributed by atoms with Crippen molar-refractivity contribution in [1.29, 1.82) is 0 Å². The summed E-state index contributed by atoms with van der Waals surface area (Å²) >= 11 is 0. The number of rotatable bonds is 5. The number of amides is 1. The highest BCUT2D eigenvalue weighted by Gasteiger charge is 2.33. The van der Waals surface area contributed by atoms with Gasteiger partial charge in [-0.2, -0.15) is 0 Å². The fourth-order valence-corrected chi connectivity index (χ4v) is 1.57. The second kappa shape index (κ2) is 5.70. The highest BCUT2D eigenvalue weighted by atomic mass is 16.5. The number of nitrogens with zero attached hydrogens (tertiary/aromatic N) is 1. The van der Waals surface area contributed by atoms with Gasteiger partial charge in [0.05, 0.1) is 6.61 Å². The smallest absolute Gasteiger partial charge is 0.330 e. The number of unbranched alkanes of at least 4 members (excludes halogenated alkanes) is 2. The van der Waals surface area contributed by atoms with Crippen LogP contribution in [0.4, 0.5) is 0 Å². The van der Waals surface area contributed by atoms with Crippen LogP contribution in [-0.2, 0) is 14.3 Å². The second-order valence-electron chi connectivity index (χ2n) is 3.73. The first kappa shape index (κ1) is 12.0. The lowest BCUT2D eigenvalue weighted by atomic mass is 10.1. The first-order valence-corrected chi connectivity index (χ1v) is 5.40. The molecule has 0 bridgehead atoms. The number of hydrogen-bond donors (Lipinski definition) is 1. The zero-order valence-electron chi connectivity index (χ0n) is 9.07. The molecule has 15 heavy (non-hydrogen) atoms. The molecule has 1 atom stereocenters. The predicted octanol–water partition coefficient (Wildman–Crippen LogP) is 0.585. The Kier molecular flexibility index (Phi) is 4.55. The molecule has 1 aliphatic heterocycles. The van der Waals surface area contributed by atoms with E-state index in [9.17, 15) is 9.59 Å². The standard InChI is InChI=1S/C10H18N2O3/c1-2-3-4-5-9(13)12(11)8-6-7-15-10(8)14/h8H,2-7,11H2,1H3. The van der Waals surface area contributed by atoms with Crippen molar-refractivity contribution in [2.45, 2.75) is 45.1 Å². The Morgan fingerprint density at radius 3 is 2.87 bits per heavy atom. The highest BCUT2D eigenvalue weighted by molar-refractivity contribution is 5.85. The minimum absolute atomic E-state index is 0.174. The van der Waals surface area contributed by atoms with Gasteiger partial charge in [0, 0.05) is 12.8 Å². The van der Waals surface area contributed by atoms with Crippen LogP contribution in [0.1, 0.15) is 39.0 Å². The van der Waals surface area contributed by atoms with Crippen molar-refractivity contribution in [2.75, 3.05) is 6.61 Å². The van der Waals surface area contributed by atoms with E-state index < -0.39 is 6.04 Å². The molecule has 1 aliphatic rings. The van der Waals surface area contributed by atoms with E-state index in [2.05, 4.69) is 6.92 Å². The molecule has 5 heteroatoms. The van der Waals surface area contributed by atoms with Gasteiger partial charge in [0.1, 0.15) is 6.04 Å². The first-order valence-electron chi connectivity index (χ1n) is 5.40. The largest absolute Gasteiger partial charge is 0.464 e. The van der Waals surface area contributed by atoms with Gasteiger partial charge in [0.2, 0.25) is 5.91 Å². The van der Waals surface area contributed by atoms with E-state index >= 15 is 0 Å². The first-order chi connectivity index (χ1) is 7.16. The zero-order valence-corrected chi connectivity index (χ0v) is 9.07. The van der Waals surface area contributed by atoms with Gasteiger partial charge in [-0.25, -0.2) is 10.6 Å². The molecule has 0 aromatic heterocycles. The van der Waals surface area contributed by atoms with Crippen molar-refractivity contribution in [3.63, 3.8) is 0 Å². The van der Waals surface area contributed by atoms with Crippen LogP contribution in [0.25, 0.3) is 0 Å². The summed E-state index contributed by atoms with van der Waals surface area (Å²) < 4.78 is 4.75. The third kappa shape index (κ3) is 3.20. The SMILES string of the molecule is CCCCCC(=O)N(N)C1CCOC1=O. The van der Waals surface area contributed by atoms with Crippen LogP contribution in [0.3, 0.4) is 0 Å². The average molecular weight is 214 g/mol. The fraction of sp³-hybridized carbons (Fsp3) is 0.800. The van der Waals surface area contributed by atoms with Crippen molar-refractivity contribution < 1.29 is 14.3 Å². The minimum atomic E-state index is -0.570. The van der Waals surface area contributed by atoms with Gasteiger partial charge in [0.25, 0.3) is 0 Å². The molecule has 0 spiro atoms. The summed E-state index contributed by atoms with van der Waals surface area (Å²) in [6.07, 6.45) is 3.81. The molecule has 0 saturated carbocycles. The van der Waals surface area contributed by atoms with Crippen molar-refractivity contribution in [1.82, 2.24) is 5.01 Å². The Morgan fingerprint density at radius 1 is 1.60 bits per heavy atom. The van der Waals surface area contributed by atoms with Gasteiger partial charge in [-0.1, -0.05) is 19.8 Å². The Labute approximate surface area is 89.5 Å². The third-order valence-electron chi connectivity index (χ3n) is 2.53. The van der Waals surface area contributed by atoms with Crippen LogP contribution in [0.2, 0.25) is 0 Å². The van der Waals surface area contributed by atoms with Crippen molar-refractivity contribution >= 4 is 11.9 Å². The molecule has 0 radical (unpaired) electrons. The molecule has 86 valence electrons. The molecule has 1 amide bonds. The number of carbonyl (C=O) groups is 2. The number of cyclic esters (lactones) is 1. The topological polar surface area (TPSA) is 72.6 Å². The molecule has 5 nitrogen and oxygen atoms in total. The molecule has 1 rings (SSSR count). The van der Waals surface area contributed by atoms with Crippen molar-refractivity contribution in [2.24, 2.45) is 5.84 Å². The van der Waals surface area contributed by atoms with E-state index in [0.29, 0.717) is 19.4 Å². The monoisotopic (exact) mass is 214 g/mol. The van der Waals surface area contributed by atoms with Crippen molar-refractivity contribution in [3.8, 4) is 0 Å². The quantitative estimate of drug-likeness (QED) is 0.239. The summed E-state index contributed by atoms with van der Waals surface area (Å²) in [6.45, 7) is 2.43. The molecule has 1 saturated heterocycles. The molecule has 1 unspecified atom stereocenters. The molecule has 0 aromatic rings. The van der Waals surface area contributed by atoms with Crippen LogP contribution >= 0.6 is 0 Å². The Balaban J connectivity index is 2.35. The number of hydrogen-bond acceptors (Lipinski definition) is 4. The summed E-state index contributed by atoms with van der Waals surface area (Å²) in [7, 11) is 0. The van der Waals surface area contributed by atoms with Gasteiger partial charge in [-0.05, 0) is 6.42 Å². The van der Waals surface area contributed by atoms with Crippen molar-refractivity contribution in [3.05, 3.63) is 0 Å². The van der Waals surface area contributed by atoms with E-state index in [1.54, 1.807) is 0 Å². The predicted molar refractivity (Wildman–Crippen MR) is 54.5 cm³/mol. The summed E-state index contributed by atoms with van der Waals surface area (Å²) in [5.74, 6) is 5.02. The lowest BCUT2D eigenvalue weighted by molar-refractivity contribution is -0.148. The number of ether oxygens (including phenoxy) is 1. The molecular weight excluding hydrogens is 196 g/mol. The van der Waals surface area contributed by atoms with Crippen LogP contribution in [-0.4, -0.2) is 29.5 Å². The molecule has 1 heterocycles. The molecule has 0 aliphatic carbocycles. The van der Waals surface area contributed by atoms with Crippen LogP contribution < -0.4 is 5.84 Å². The van der Waals surface area contributed by atoms with Gasteiger partial charge in [0.15, 0.2) is 0 Å².